The van der Waals surface area contributed by atoms with E-state index in [4.69, 9.17) is 4.74 Å². The van der Waals surface area contributed by atoms with Crippen LogP contribution in [0.4, 0.5) is 0 Å². The maximum atomic E-state index is 5.62. The predicted molar refractivity (Wildman–Crippen MR) is 38.4 cm³/mol. The average molecular weight is 128 g/mol. The van der Waals surface area contributed by atoms with Gasteiger partial charge in [-0.3, -0.25) is 0 Å². The lowest BCUT2D eigenvalue weighted by atomic mass is 10.0. The zero-order valence-electron chi connectivity index (χ0n) is 6.55. The molecule has 0 bridgehead atoms. The summed E-state index contributed by atoms with van der Waals surface area (Å²) in [6.45, 7) is 6.63. The topological polar surface area (TPSA) is 9.23 Å². The van der Waals surface area contributed by atoms with Gasteiger partial charge < -0.3 is 4.74 Å². The van der Waals surface area contributed by atoms with Crippen LogP contribution in [0, 0.1) is 5.92 Å². The molecule has 1 fully saturated rings. The normalized spacial score (nSPS) is 43.7. The monoisotopic (exact) mass is 128 g/mol. The minimum atomic E-state index is 0.505. The van der Waals surface area contributed by atoms with Crippen LogP contribution < -0.4 is 0 Å². The van der Waals surface area contributed by atoms with E-state index in [0.29, 0.717) is 12.2 Å². The Kier molecular flexibility index (Phi) is 2.12. The molecule has 1 aliphatic rings. The molecule has 1 saturated heterocycles. The second-order valence-electron chi connectivity index (χ2n) is 3.11. The van der Waals surface area contributed by atoms with Gasteiger partial charge >= 0.3 is 0 Å². The van der Waals surface area contributed by atoms with E-state index in [-0.39, 0.29) is 0 Å². The van der Waals surface area contributed by atoms with E-state index in [1.165, 1.54) is 12.8 Å². The van der Waals surface area contributed by atoms with Crippen LogP contribution in [0.25, 0.3) is 0 Å². The van der Waals surface area contributed by atoms with Crippen molar-refractivity contribution in [2.75, 3.05) is 0 Å². The molecule has 0 aliphatic carbocycles. The molecule has 1 nitrogen and oxygen atoms in total. The Morgan fingerprint density at radius 1 is 1.44 bits per heavy atom. The zero-order chi connectivity index (χ0) is 6.85. The molecular formula is C8H16O. The minimum absolute atomic E-state index is 0.505. The highest BCUT2D eigenvalue weighted by Gasteiger charge is 2.27. The van der Waals surface area contributed by atoms with Crippen LogP contribution in [-0.2, 0) is 4.74 Å². The van der Waals surface area contributed by atoms with E-state index in [9.17, 15) is 0 Å². The molecule has 54 valence electrons. The molecule has 0 N–H and O–H groups in total. The highest BCUT2D eigenvalue weighted by Crippen LogP contribution is 2.27. The van der Waals surface area contributed by atoms with Gasteiger partial charge in [0.25, 0.3) is 0 Å². The summed E-state index contributed by atoms with van der Waals surface area (Å²) in [6.07, 6.45) is 3.47. The van der Waals surface area contributed by atoms with Crippen LogP contribution in [-0.4, -0.2) is 12.2 Å². The lowest BCUT2D eigenvalue weighted by Crippen LogP contribution is -2.11. The molecule has 0 aromatic heterocycles. The third-order valence-electron chi connectivity index (χ3n) is 2.15. The molecule has 1 aliphatic heterocycles. The Bertz CT molecular complexity index is 90.6. The standard InChI is InChI=1S/C8H16O/c1-4-8-6(2)5-7(3)9-8/h6-8H,4-5H2,1-3H3/t6-,7-,8+/m0/s1. The molecule has 9 heavy (non-hydrogen) atoms. The molecule has 0 amide bonds. The fourth-order valence-electron chi connectivity index (χ4n) is 1.66. The van der Waals surface area contributed by atoms with Crippen molar-refractivity contribution < 1.29 is 4.74 Å². The maximum Gasteiger partial charge on any atom is 0.0602 e. The molecule has 0 aromatic rings. The fourth-order valence-corrected chi connectivity index (χ4v) is 1.66. The summed E-state index contributed by atoms with van der Waals surface area (Å²) in [4.78, 5) is 0. The molecular weight excluding hydrogens is 112 g/mol. The number of hydrogen-bond donors (Lipinski definition) is 0. The Hall–Kier alpha value is -0.0400. The van der Waals surface area contributed by atoms with Crippen LogP contribution in [0.1, 0.15) is 33.6 Å². The lowest BCUT2D eigenvalue weighted by Gasteiger charge is -2.10. The van der Waals surface area contributed by atoms with E-state index in [1.807, 2.05) is 0 Å². The van der Waals surface area contributed by atoms with Crippen molar-refractivity contribution in [3.63, 3.8) is 0 Å². The van der Waals surface area contributed by atoms with E-state index in [2.05, 4.69) is 20.8 Å². The minimum Gasteiger partial charge on any atom is -0.375 e. The van der Waals surface area contributed by atoms with Gasteiger partial charge in [0.2, 0.25) is 0 Å². The number of rotatable bonds is 1. The summed E-state index contributed by atoms with van der Waals surface area (Å²) in [7, 11) is 0. The molecule has 0 aromatic carbocycles. The fraction of sp³-hybridized carbons (Fsp3) is 1.00. The molecule has 0 spiro atoms. The second kappa shape index (κ2) is 2.70. The van der Waals surface area contributed by atoms with Crippen molar-refractivity contribution in [3.05, 3.63) is 0 Å². The Labute approximate surface area is 57.4 Å². The predicted octanol–water partition coefficient (Wildman–Crippen LogP) is 2.21. The third kappa shape index (κ3) is 1.45. The average Bonchev–Trinajstić information content (AvgIpc) is 2.10. The SMILES string of the molecule is CC[C@H]1O[C@@H](C)C[C@@H]1C. The quantitative estimate of drug-likeness (QED) is 0.526. The molecule has 1 rings (SSSR count). The van der Waals surface area contributed by atoms with Crippen molar-refractivity contribution in [2.24, 2.45) is 5.92 Å². The summed E-state index contributed by atoms with van der Waals surface area (Å²) < 4.78 is 5.62. The largest absolute Gasteiger partial charge is 0.375 e. The molecule has 1 heterocycles. The van der Waals surface area contributed by atoms with Gasteiger partial charge in [-0.15, -0.1) is 0 Å². The van der Waals surface area contributed by atoms with Gasteiger partial charge in [0, 0.05) is 0 Å². The first kappa shape index (κ1) is 7.07. The van der Waals surface area contributed by atoms with Gasteiger partial charge in [-0.25, -0.2) is 0 Å². The van der Waals surface area contributed by atoms with Gasteiger partial charge in [-0.05, 0) is 25.7 Å². The van der Waals surface area contributed by atoms with Crippen LogP contribution in [0.3, 0.4) is 0 Å². The van der Waals surface area contributed by atoms with Crippen molar-refractivity contribution >= 4 is 0 Å². The second-order valence-corrected chi connectivity index (χ2v) is 3.11. The number of hydrogen-bond acceptors (Lipinski definition) is 1. The highest BCUT2D eigenvalue weighted by atomic mass is 16.5. The third-order valence-corrected chi connectivity index (χ3v) is 2.15. The maximum absolute atomic E-state index is 5.62. The van der Waals surface area contributed by atoms with Gasteiger partial charge in [0.15, 0.2) is 0 Å². The molecule has 0 unspecified atom stereocenters. The summed E-state index contributed by atoms with van der Waals surface area (Å²) in [5, 5.41) is 0. The Morgan fingerprint density at radius 2 is 2.11 bits per heavy atom. The first-order chi connectivity index (χ1) is 4.24. The van der Waals surface area contributed by atoms with Gasteiger partial charge in [0.05, 0.1) is 12.2 Å². The van der Waals surface area contributed by atoms with Crippen LogP contribution in [0.2, 0.25) is 0 Å². The molecule has 1 heteroatoms. The van der Waals surface area contributed by atoms with Crippen LogP contribution >= 0.6 is 0 Å². The lowest BCUT2D eigenvalue weighted by molar-refractivity contribution is 0.0438. The zero-order valence-corrected chi connectivity index (χ0v) is 6.55. The molecule has 3 atom stereocenters. The van der Waals surface area contributed by atoms with Crippen LogP contribution in [0.5, 0.6) is 0 Å². The van der Waals surface area contributed by atoms with Crippen LogP contribution in [0.15, 0.2) is 0 Å². The van der Waals surface area contributed by atoms with E-state index < -0.39 is 0 Å². The summed E-state index contributed by atoms with van der Waals surface area (Å²) in [5.41, 5.74) is 0. The highest BCUT2D eigenvalue weighted by molar-refractivity contribution is 4.75. The smallest absolute Gasteiger partial charge is 0.0602 e. The van der Waals surface area contributed by atoms with Gasteiger partial charge in [-0.1, -0.05) is 13.8 Å². The summed E-state index contributed by atoms with van der Waals surface area (Å²) in [6, 6.07) is 0. The Morgan fingerprint density at radius 3 is 2.33 bits per heavy atom. The summed E-state index contributed by atoms with van der Waals surface area (Å²) >= 11 is 0. The van der Waals surface area contributed by atoms with E-state index in [0.717, 1.165) is 5.92 Å². The molecule has 0 radical (unpaired) electrons. The first-order valence-electron chi connectivity index (χ1n) is 3.89. The van der Waals surface area contributed by atoms with Gasteiger partial charge in [-0.2, -0.15) is 0 Å². The van der Waals surface area contributed by atoms with E-state index >= 15 is 0 Å². The van der Waals surface area contributed by atoms with Crippen molar-refractivity contribution in [2.45, 2.75) is 45.8 Å². The van der Waals surface area contributed by atoms with Crippen molar-refractivity contribution in [3.8, 4) is 0 Å². The van der Waals surface area contributed by atoms with Gasteiger partial charge in [0.1, 0.15) is 0 Å². The molecule has 0 saturated carbocycles. The summed E-state index contributed by atoms with van der Waals surface area (Å²) in [5.74, 6) is 0.782. The van der Waals surface area contributed by atoms with E-state index in [1.54, 1.807) is 0 Å². The first-order valence-corrected chi connectivity index (χ1v) is 3.89. The van der Waals surface area contributed by atoms with Crippen molar-refractivity contribution in [1.82, 2.24) is 0 Å². The van der Waals surface area contributed by atoms with Crippen molar-refractivity contribution in [1.29, 1.82) is 0 Å². The number of ether oxygens (including phenoxy) is 1. The Balaban J connectivity index is 2.38.